The number of nitrogens with zero attached hydrogens (tertiary/aromatic N) is 1. The van der Waals surface area contributed by atoms with Gasteiger partial charge in [0, 0.05) is 4.92 Å². The lowest BCUT2D eigenvalue weighted by Gasteiger charge is -2.13. The van der Waals surface area contributed by atoms with Gasteiger partial charge in [-0.1, -0.05) is 12.2 Å². The van der Waals surface area contributed by atoms with Crippen LogP contribution in [-0.4, -0.2) is 34.8 Å². The van der Waals surface area contributed by atoms with E-state index >= 15 is 0 Å². The smallest absolute Gasteiger partial charge is 0.382 e. The van der Waals surface area contributed by atoms with E-state index in [1.165, 1.54) is 12.2 Å². The summed E-state index contributed by atoms with van der Waals surface area (Å²) in [5.41, 5.74) is 0. The van der Waals surface area contributed by atoms with E-state index in [1.807, 2.05) is 0 Å². The largest absolute Gasteiger partial charge is 0.461 e. The Bertz CT molecular complexity index is 288. The van der Waals surface area contributed by atoms with Crippen molar-refractivity contribution < 1.29 is 19.6 Å². The predicted octanol–water partition coefficient (Wildman–Crippen LogP) is 0.132. The highest BCUT2D eigenvalue weighted by Crippen LogP contribution is 2.23. The van der Waals surface area contributed by atoms with Gasteiger partial charge in [0.2, 0.25) is 0 Å². The first kappa shape index (κ1) is 11.6. The summed E-state index contributed by atoms with van der Waals surface area (Å²) in [5.74, 6) is -1.42. The van der Waals surface area contributed by atoms with Gasteiger partial charge in [-0.15, -0.1) is 0 Å². The van der Waals surface area contributed by atoms with E-state index in [9.17, 15) is 20.0 Å². The number of aliphatic hydroxyl groups is 1. The van der Waals surface area contributed by atoms with Crippen LogP contribution in [0, 0.1) is 16.0 Å². The molecule has 1 rings (SSSR count). The summed E-state index contributed by atoms with van der Waals surface area (Å²) < 4.78 is 4.62. The molecule has 1 aliphatic rings. The first-order valence-electron chi connectivity index (χ1n) is 4.72. The maximum atomic E-state index is 11.3. The van der Waals surface area contributed by atoms with Gasteiger partial charge in [-0.2, -0.15) is 0 Å². The van der Waals surface area contributed by atoms with Gasteiger partial charge in [0.05, 0.1) is 18.6 Å². The first-order chi connectivity index (χ1) is 7.06. The molecule has 0 aliphatic heterocycles. The van der Waals surface area contributed by atoms with E-state index in [-0.39, 0.29) is 13.0 Å². The normalized spacial score (nSPS) is 26.3. The highest BCUT2D eigenvalue weighted by atomic mass is 16.6. The van der Waals surface area contributed by atoms with Crippen LogP contribution in [0.5, 0.6) is 0 Å². The summed E-state index contributed by atoms with van der Waals surface area (Å²) in [4.78, 5) is 21.3. The van der Waals surface area contributed by atoms with Crippen LogP contribution in [0.25, 0.3) is 0 Å². The lowest BCUT2D eigenvalue weighted by molar-refractivity contribution is -0.517. The quantitative estimate of drug-likeness (QED) is 0.311. The van der Waals surface area contributed by atoms with Crippen LogP contribution in [0.15, 0.2) is 12.2 Å². The van der Waals surface area contributed by atoms with Crippen molar-refractivity contribution in [2.24, 2.45) is 5.92 Å². The molecule has 6 heteroatoms. The molecule has 0 heterocycles. The highest BCUT2D eigenvalue weighted by Gasteiger charge is 2.41. The lowest BCUT2D eigenvalue weighted by atomic mass is 9.99. The molecule has 0 saturated heterocycles. The number of esters is 1. The number of hydrogen-bond acceptors (Lipinski definition) is 5. The van der Waals surface area contributed by atoms with Crippen LogP contribution < -0.4 is 0 Å². The average molecular weight is 215 g/mol. The summed E-state index contributed by atoms with van der Waals surface area (Å²) >= 11 is 0. The molecule has 0 aromatic heterocycles. The van der Waals surface area contributed by atoms with Crippen LogP contribution in [0.4, 0.5) is 0 Å². The molecule has 1 aliphatic carbocycles. The maximum Gasteiger partial charge on any atom is 0.382 e. The van der Waals surface area contributed by atoms with Gasteiger partial charge in [0.1, 0.15) is 0 Å². The second-order valence-corrected chi connectivity index (χ2v) is 3.33. The molecular formula is C9H13NO5. The van der Waals surface area contributed by atoms with E-state index in [0.29, 0.717) is 0 Å². The Balaban J connectivity index is 2.71. The van der Waals surface area contributed by atoms with Crippen molar-refractivity contribution in [3.63, 3.8) is 0 Å². The SMILES string of the molecule is CCOC(=O)[C@@H](C1C=C[C@@H](O)C1)[N+](=O)[O-]. The van der Waals surface area contributed by atoms with Gasteiger partial charge in [-0.25, -0.2) is 4.79 Å². The third-order valence-electron chi connectivity index (χ3n) is 2.25. The highest BCUT2D eigenvalue weighted by molar-refractivity contribution is 5.75. The van der Waals surface area contributed by atoms with Crippen LogP contribution in [-0.2, 0) is 9.53 Å². The minimum Gasteiger partial charge on any atom is -0.461 e. The molecule has 1 N–H and O–H groups in total. The number of rotatable bonds is 4. The van der Waals surface area contributed by atoms with Crippen LogP contribution in [0.2, 0.25) is 0 Å². The van der Waals surface area contributed by atoms with Crippen molar-refractivity contribution in [1.82, 2.24) is 0 Å². The number of hydrogen-bond donors (Lipinski definition) is 1. The fourth-order valence-corrected chi connectivity index (χ4v) is 1.59. The molecule has 0 bridgehead atoms. The van der Waals surface area contributed by atoms with Gasteiger partial charge in [0.15, 0.2) is 0 Å². The summed E-state index contributed by atoms with van der Waals surface area (Å²) in [5, 5.41) is 19.9. The maximum absolute atomic E-state index is 11.3. The predicted molar refractivity (Wildman–Crippen MR) is 50.7 cm³/mol. The summed E-state index contributed by atoms with van der Waals surface area (Å²) in [6.07, 6.45) is 2.45. The zero-order chi connectivity index (χ0) is 11.4. The molecule has 3 atom stereocenters. The van der Waals surface area contributed by atoms with Crippen molar-refractivity contribution in [1.29, 1.82) is 0 Å². The van der Waals surface area contributed by atoms with E-state index in [2.05, 4.69) is 4.74 Å². The van der Waals surface area contributed by atoms with Gasteiger partial charge in [-0.3, -0.25) is 10.1 Å². The summed E-state index contributed by atoms with van der Waals surface area (Å²) in [6.45, 7) is 1.70. The molecule has 0 fully saturated rings. The Labute approximate surface area is 86.7 Å². The molecule has 0 spiro atoms. The topological polar surface area (TPSA) is 89.7 Å². The minimum atomic E-state index is -1.40. The zero-order valence-corrected chi connectivity index (χ0v) is 8.33. The van der Waals surface area contributed by atoms with Crippen molar-refractivity contribution in [3.05, 3.63) is 22.3 Å². The van der Waals surface area contributed by atoms with Crippen molar-refractivity contribution in [2.45, 2.75) is 25.5 Å². The Morgan fingerprint density at radius 2 is 2.40 bits per heavy atom. The minimum absolute atomic E-state index is 0.113. The standard InChI is InChI=1S/C9H13NO5/c1-2-15-9(12)8(10(13)14)6-3-4-7(11)5-6/h3-4,6-8,11H,2,5H2,1H3/t6?,7-,8-/m1/s1. The number of nitro groups is 1. The third-order valence-corrected chi connectivity index (χ3v) is 2.25. The molecule has 0 aromatic carbocycles. The van der Waals surface area contributed by atoms with E-state index in [1.54, 1.807) is 6.92 Å². The molecular weight excluding hydrogens is 202 g/mol. The number of carbonyl (C=O) groups excluding carboxylic acids is 1. The molecule has 0 saturated carbocycles. The average Bonchev–Trinajstić information content (AvgIpc) is 2.51. The van der Waals surface area contributed by atoms with Crippen LogP contribution in [0.1, 0.15) is 13.3 Å². The van der Waals surface area contributed by atoms with E-state index in [4.69, 9.17) is 0 Å². The molecule has 0 amide bonds. The Morgan fingerprint density at radius 3 is 2.80 bits per heavy atom. The second kappa shape index (κ2) is 4.88. The summed E-state index contributed by atoms with van der Waals surface area (Å²) in [6, 6.07) is -1.40. The van der Waals surface area contributed by atoms with Gasteiger partial charge < -0.3 is 9.84 Å². The first-order valence-corrected chi connectivity index (χ1v) is 4.72. The van der Waals surface area contributed by atoms with Crippen molar-refractivity contribution in [3.8, 4) is 0 Å². The molecule has 0 aromatic rings. The Kier molecular flexibility index (Phi) is 3.79. The Morgan fingerprint density at radius 1 is 1.73 bits per heavy atom. The molecule has 15 heavy (non-hydrogen) atoms. The number of carbonyl (C=O) groups is 1. The Hall–Kier alpha value is -1.43. The molecule has 1 unspecified atom stereocenters. The number of aliphatic hydroxyl groups excluding tert-OH is 1. The van der Waals surface area contributed by atoms with Gasteiger partial charge in [-0.05, 0) is 13.3 Å². The second-order valence-electron chi connectivity index (χ2n) is 3.33. The lowest BCUT2D eigenvalue weighted by Crippen LogP contribution is -2.37. The van der Waals surface area contributed by atoms with Crippen LogP contribution in [0.3, 0.4) is 0 Å². The fraction of sp³-hybridized carbons (Fsp3) is 0.667. The van der Waals surface area contributed by atoms with Gasteiger partial charge in [0.25, 0.3) is 0 Å². The van der Waals surface area contributed by atoms with E-state index < -0.39 is 29.0 Å². The van der Waals surface area contributed by atoms with Crippen molar-refractivity contribution in [2.75, 3.05) is 6.61 Å². The van der Waals surface area contributed by atoms with E-state index in [0.717, 1.165) is 0 Å². The third kappa shape index (κ3) is 2.76. The van der Waals surface area contributed by atoms with Crippen molar-refractivity contribution >= 4 is 5.97 Å². The fourth-order valence-electron chi connectivity index (χ4n) is 1.59. The zero-order valence-electron chi connectivity index (χ0n) is 8.33. The van der Waals surface area contributed by atoms with Gasteiger partial charge >= 0.3 is 12.0 Å². The monoisotopic (exact) mass is 215 g/mol. The molecule has 0 radical (unpaired) electrons. The summed E-state index contributed by atoms with van der Waals surface area (Å²) in [7, 11) is 0. The van der Waals surface area contributed by atoms with Crippen LogP contribution >= 0.6 is 0 Å². The molecule has 84 valence electrons. The molecule has 6 nitrogen and oxygen atoms in total. The number of ether oxygens (including phenoxy) is 1.